The van der Waals surface area contributed by atoms with Gasteiger partial charge in [-0.15, -0.1) is 0 Å². The maximum absolute atomic E-state index is 12.0. The molecular weight excluding hydrogens is 218 g/mol. The zero-order chi connectivity index (χ0) is 13.1. The number of hydrogen-bond donors (Lipinski definition) is 1. The van der Waals surface area contributed by atoms with Crippen molar-refractivity contribution < 1.29 is 14.6 Å². The number of carbonyl (C=O) groups excluding carboxylic acids is 1. The van der Waals surface area contributed by atoms with Crippen LogP contribution in [0.4, 0.5) is 4.79 Å². The third-order valence-electron chi connectivity index (χ3n) is 3.17. The molecule has 0 aliphatic carbocycles. The molecule has 17 heavy (non-hydrogen) atoms. The number of carbonyl (C=O) groups is 1. The average Bonchev–Trinajstić information content (AvgIpc) is 2.63. The Balaban J connectivity index is 2.59. The Hall–Kier alpha value is -0.770. The maximum Gasteiger partial charge on any atom is 0.410 e. The van der Waals surface area contributed by atoms with Gasteiger partial charge in [0.15, 0.2) is 0 Å². The number of likely N-dealkylation sites (tertiary alicyclic amines) is 1. The smallest absolute Gasteiger partial charge is 0.410 e. The van der Waals surface area contributed by atoms with Crippen molar-refractivity contribution in [1.29, 1.82) is 0 Å². The quantitative estimate of drug-likeness (QED) is 0.828. The van der Waals surface area contributed by atoms with Gasteiger partial charge in [-0.2, -0.15) is 0 Å². The second kappa shape index (κ2) is 5.71. The molecule has 2 unspecified atom stereocenters. The minimum Gasteiger partial charge on any atom is -0.444 e. The zero-order valence-corrected chi connectivity index (χ0v) is 11.4. The van der Waals surface area contributed by atoms with Gasteiger partial charge in [-0.1, -0.05) is 6.92 Å². The number of rotatable bonds is 3. The van der Waals surface area contributed by atoms with E-state index in [0.29, 0.717) is 5.92 Å². The molecule has 4 heteroatoms. The summed E-state index contributed by atoms with van der Waals surface area (Å²) in [6.45, 7) is 8.69. The highest BCUT2D eigenvalue weighted by Gasteiger charge is 2.34. The molecule has 1 aliphatic rings. The number of amides is 1. The van der Waals surface area contributed by atoms with Crippen molar-refractivity contribution >= 4 is 6.09 Å². The van der Waals surface area contributed by atoms with Crippen molar-refractivity contribution in [2.75, 3.05) is 13.2 Å². The minimum atomic E-state index is -0.440. The van der Waals surface area contributed by atoms with E-state index in [0.717, 1.165) is 25.8 Å². The summed E-state index contributed by atoms with van der Waals surface area (Å²) < 4.78 is 5.40. The summed E-state index contributed by atoms with van der Waals surface area (Å²) in [5.74, 6) is 0.329. The van der Waals surface area contributed by atoms with Gasteiger partial charge in [-0.25, -0.2) is 4.79 Å². The zero-order valence-electron chi connectivity index (χ0n) is 11.4. The lowest BCUT2D eigenvalue weighted by Gasteiger charge is -2.31. The topological polar surface area (TPSA) is 49.8 Å². The van der Waals surface area contributed by atoms with Crippen LogP contribution < -0.4 is 0 Å². The molecule has 1 amide bonds. The molecule has 4 nitrogen and oxygen atoms in total. The van der Waals surface area contributed by atoms with Gasteiger partial charge >= 0.3 is 6.09 Å². The van der Waals surface area contributed by atoms with Crippen LogP contribution in [0.1, 0.15) is 47.0 Å². The van der Waals surface area contributed by atoms with E-state index >= 15 is 0 Å². The molecule has 1 fully saturated rings. The third kappa shape index (κ3) is 4.19. The summed E-state index contributed by atoms with van der Waals surface area (Å²) in [5.41, 5.74) is -0.440. The molecule has 0 aromatic rings. The Morgan fingerprint density at radius 3 is 2.71 bits per heavy atom. The van der Waals surface area contributed by atoms with Crippen molar-refractivity contribution in [3.63, 3.8) is 0 Å². The van der Waals surface area contributed by atoms with E-state index in [1.165, 1.54) is 0 Å². The monoisotopic (exact) mass is 243 g/mol. The summed E-state index contributed by atoms with van der Waals surface area (Å²) in [4.78, 5) is 13.8. The van der Waals surface area contributed by atoms with Gasteiger partial charge in [0, 0.05) is 19.2 Å². The van der Waals surface area contributed by atoms with Crippen LogP contribution >= 0.6 is 0 Å². The number of aliphatic hydroxyl groups excluding tert-OH is 1. The van der Waals surface area contributed by atoms with Gasteiger partial charge in [0.25, 0.3) is 0 Å². The molecule has 1 heterocycles. The predicted molar refractivity (Wildman–Crippen MR) is 66.8 cm³/mol. The molecule has 0 bridgehead atoms. The fraction of sp³-hybridized carbons (Fsp3) is 0.923. The van der Waals surface area contributed by atoms with Gasteiger partial charge in [0.1, 0.15) is 5.60 Å². The van der Waals surface area contributed by atoms with Crippen LogP contribution in [0.2, 0.25) is 0 Å². The lowest BCUT2D eigenvalue weighted by molar-refractivity contribution is 0.0172. The van der Waals surface area contributed by atoms with E-state index in [1.54, 1.807) is 0 Å². The summed E-state index contributed by atoms with van der Waals surface area (Å²) in [6.07, 6.45) is 2.56. The molecule has 2 atom stereocenters. The highest BCUT2D eigenvalue weighted by atomic mass is 16.6. The molecule has 0 aromatic heterocycles. The van der Waals surface area contributed by atoms with Gasteiger partial charge in [-0.3, -0.25) is 0 Å². The van der Waals surface area contributed by atoms with Crippen LogP contribution in [0.5, 0.6) is 0 Å². The molecule has 0 spiro atoms. The third-order valence-corrected chi connectivity index (χ3v) is 3.17. The van der Waals surface area contributed by atoms with Crippen LogP contribution in [0, 0.1) is 5.92 Å². The highest BCUT2D eigenvalue weighted by Crippen LogP contribution is 2.27. The van der Waals surface area contributed by atoms with Crippen molar-refractivity contribution in [2.24, 2.45) is 5.92 Å². The Morgan fingerprint density at radius 1 is 1.53 bits per heavy atom. The van der Waals surface area contributed by atoms with Crippen LogP contribution in [-0.2, 0) is 4.74 Å². The first-order valence-electron chi connectivity index (χ1n) is 6.45. The highest BCUT2D eigenvalue weighted by molar-refractivity contribution is 5.69. The van der Waals surface area contributed by atoms with Crippen LogP contribution in [-0.4, -0.2) is 40.9 Å². The second-order valence-corrected chi connectivity index (χ2v) is 5.87. The van der Waals surface area contributed by atoms with Gasteiger partial charge < -0.3 is 14.7 Å². The van der Waals surface area contributed by atoms with E-state index in [1.807, 2.05) is 25.7 Å². The Labute approximate surface area is 104 Å². The fourth-order valence-corrected chi connectivity index (χ4v) is 2.33. The number of nitrogens with zero attached hydrogens (tertiary/aromatic N) is 1. The average molecular weight is 243 g/mol. The summed E-state index contributed by atoms with van der Waals surface area (Å²) in [6, 6.07) is 0.219. The summed E-state index contributed by atoms with van der Waals surface area (Å²) in [7, 11) is 0. The van der Waals surface area contributed by atoms with Gasteiger partial charge in [0.2, 0.25) is 0 Å². The van der Waals surface area contributed by atoms with E-state index in [2.05, 4.69) is 6.92 Å². The normalized spacial score (nSPS) is 22.6. The molecule has 1 aliphatic heterocycles. The van der Waals surface area contributed by atoms with Crippen LogP contribution in [0.25, 0.3) is 0 Å². The van der Waals surface area contributed by atoms with E-state index in [9.17, 15) is 4.79 Å². The maximum atomic E-state index is 12.0. The molecule has 0 saturated carbocycles. The molecule has 0 radical (unpaired) electrons. The van der Waals surface area contributed by atoms with Crippen molar-refractivity contribution in [3.8, 4) is 0 Å². The predicted octanol–water partition coefficient (Wildman–Crippen LogP) is 2.40. The van der Waals surface area contributed by atoms with Crippen molar-refractivity contribution in [2.45, 2.75) is 58.6 Å². The van der Waals surface area contributed by atoms with Gasteiger partial charge in [0.05, 0.1) is 0 Å². The number of ether oxygens (including phenoxy) is 1. The van der Waals surface area contributed by atoms with Crippen LogP contribution in [0.15, 0.2) is 0 Å². The number of hydrogen-bond acceptors (Lipinski definition) is 3. The Morgan fingerprint density at radius 2 is 2.18 bits per heavy atom. The summed E-state index contributed by atoms with van der Waals surface area (Å²) >= 11 is 0. The first-order valence-corrected chi connectivity index (χ1v) is 6.45. The Bertz CT molecular complexity index is 260. The van der Waals surface area contributed by atoms with E-state index < -0.39 is 5.60 Å². The van der Waals surface area contributed by atoms with E-state index in [-0.39, 0.29) is 18.7 Å². The van der Waals surface area contributed by atoms with E-state index in [4.69, 9.17) is 9.84 Å². The summed E-state index contributed by atoms with van der Waals surface area (Å²) in [5, 5.41) is 8.97. The van der Waals surface area contributed by atoms with Gasteiger partial charge in [-0.05, 0) is 46.0 Å². The molecule has 0 aromatic carbocycles. The first-order chi connectivity index (χ1) is 7.85. The first kappa shape index (κ1) is 14.3. The SMILES string of the molecule is CC(CCO)C1CCCN1C(=O)OC(C)(C)C. The number of aliphatic hydroxyl groups is 1. The molecule has 1 saturated heterocycles. The Kier molecular flexibility index (Phi) is 4.80. The van der Waals surface area contributed by atoms with Crippen LogP contribution in [0.3, 0.4) is 0 Å². The minimum absolute atomic E-state index is 0.180. The largest absolute Gasteiger partial charge is 0.444 e. The van der Waals surface area contributed by atoms with Crippen molar-refractivity contribution in [1.82, 2.24) is 4.90 Å². The standard InChI is InChI=1S/C13H25NO3/c1-10(7-9-15)11-6-5-8-14(11)12(16)17-13(2,3)4/h10-11,15H,5-9H2,1-4H3. The fourth-order valence-electron chi connectivity index (χ4n) is 2.33. The lowest BCUT2D eigenvalue weighted by Crippen LogP contribution is -2.42. The molecule has 100 valence electrons. The molecular formula is C13H25NO3. The molecule has 1 N–H and O–H groups in total. The lowest BCUT2D eigenvalue weighted by atomic mass is 9.97. The molecule has 1 rings (SSSR count). The second-order valence-electron chi connectivity index (χ2n) is 5.87. The van der Waals surface area contributed by atoms with Crippen molar-refractivity contribution in [3.05, 3.63) is 0 Å².